The molecule has 0 unspecified atom stereocenters. The van der Waals surface area contributed by atoms with E-state index in [2.05, 4.69) is 20.7 Å². The summed E-state index contributed by atoms with van der Waals surface area (Å²) in [5.41, 5.74) is 3.47. The van der Waals surface area contributed by atoms with E-state index in [1.54, 1.807) is 29.1 Å². The smallest absolute Gasteiger partial charge is 0.222 e. The first-order valence-electron chi connectivity index (χ1n) is 8.48. The van der Waals surface area contributed by atoms with Gasteiger partial charge in [-0.3, -0.25) is 9.48 Å². The fraction of sp³-hybridized carbons (Fsp3) is 0.211. The Kier molecular flexibility index (Phi) is 5.19. The third kappa shape index (κ3) is 4.55. The number of nitrogens with one attached hydrogen (secondary N) is 2. The minimum atomic E-state index is -3.35. The second-order valence-electron chi connectivity index (χ2n) is 6.60. The molecule has 0 bridgehead atoms. The number of aromatic nitrogens is 3. The highest BCUT2D eigenvalue weighted by atomic mass is 32.2. The Balaban J connectivity index is 2.09. The van der Waals surface area contributed by atoms with Gasteiger partial charge in [-0.25, -0.2) is 13.4 Å². The zero-order chi connectivity index (χ0) is 20.5. The van der Waals surface area contributed by atoms with Gasteiger partial charge in [0.25, 0.3) is 0 Å². The Hall–Kier alpha value is -3.20. The molecule has 0 radical (unpaired) electrons. The van der Waals surface area contributed by atoms with Crippen LogP contribution in [0.4, 0.5) is 17.2 Å². The number of carbonyl (C=O) groups is 1. The highest BCUT2D eigenvalue weighted by Gasteiger charge is 2.14. The zero-order valence-corrected chi connectivity index (χ0v) is 16.8. The molecule has 1 amide bonds. The summed E-state index contributed by atoms with van der Waals surface area (Å²) in [6.45, 7) is 3.23. The van der Waals surface area contributed by atoms with Crippen LogP contribution in [-0.4, -0.2) is 35.3 Å². The summed E-state index contributed by atoms with van der Waals surface area (Å²) >= 11 is 0. The van der Waals surface area contributed by atoms with Gasteiger partial charge in [0.1, 0.15) is 5.82 Å². The number of rotatable bonds is 5. The minimum absolute atomic E-state index is 0.227. The van der Waals surface area contributed by atoms with E-state index in [1.807, 2.05) is 32.3 Å². The number of aryl methyl sites for hydroxylation is 2. The van der Waals surface area contributed by atoms with Crippen molar-refractivity contribution in [2.24, 2.45) is 7.05 Å². The Morgan fingerprint density at radius 1 is 1.18 bits per heavy atom. The summed E-state index contributed by atoms with van der Waals surface area (Å²) < 4.78 is 25.6. The largest absolute Gasteiger partial charge is 0.355 e. The van der Waals surface area contributed by atoms with Crippen molar-refractivity contribution in [2.75, 3.05) is 16.9 Å². The fourth-order valence-corrected chi connectivity index (χ4v) is 3.50. The minimum Gasteiger partial charge on any atom is -0.355 e. The molecular formula is C19H21N5O3S. The van der Waals surface area contributed by atoms with Crippen molar-refractivity contribution >= 4 is 32.9 Å². The van der Waals surface area contributed by atoms with E-state index in [-0.39, 0.29) is 10.8 Å². The van der Waals surface area contributed by atoms with Crippen LogP contribution in [0.3, 0.4) is 0 Å². The van der Waals surface area contributed by atoms with Crippen molar-refractivity contribution in [1.82, 2.24) is 14.8 Å². The maximum atomic E-state index is 12.0. The molecule has 28 heavy (non-hydrogen) atoms. The Bertz CT molecular complexity index is 1150. The molecule has 0 aliphatic carbocycles. The molecular weight excluding hydrogens is 378 g/mol. The molecule has 0 atom stereocenters. The number of sulfone groups is 1. The van der Waals surface area contributed by atoms with Crippen LogP contribution in [0.5, 0.6) is 0 Å². The van der Waals surface area contributed by atoms with Gasteiger partial charge in [-0.1, -0.05) is 0 Å². The van der Waals surface area contributed by atoms with Crippen molar-refractivity contribution < 1.29 is 13.2 Å². The van der Waals surface area contributed by atoms with Crippen molar-refractivity contribution in [1.29, 1.82) is 0 Å². The lowest BCUT2D eigenvalue weighted by atomic mass is 10.1. The summed E-state index contributed by atoms with van der Waals surface area (Å²) in [7, 11) is -1.53. The number of carbonyl (C=O) groups excluding carboxylic acids is 1. The number of benzene rings is 1. The Morgan fingerprint density at radius 3 is 2.54 bits per heavy atom. The lowest BCUT2D eigenvalue weighted by Crippen LogP contribution is -2.08. The number of amides is 1. The highest BCUT2D eigenvalue weighted by molar-refractivity contribution is 7.90. The number of anilines is 3. The molecule has 9 heteroatoms. The molecule has 0 spiro atoms. The van der Waals surface area contributed by atoms with Gasteiger partial charge in [0.2, 0.25) is 5.91 Å². The van der Waals surface area contributed by atoms with Crippen molar-refractivity contribution in [3.05, 3.63) is 48.3 Å². The van der Waals surface area contributed by atoms with Crippen molar-refractivity contribution in [3.8, 4) is 11.3 Å². The number of hydrogen-bond donors (Lipinski definition) is 2. The lowest BCUT2D eigenvalue weighted by Gasteiger charge is -2.14. The van der Waals surface area contributed by atoms with Crippen LogP contribution in [0.25, 0.3) is 11.3 Å². The molecule has 2 heterocycles. The molecule has 0 aliphatic rings. The molecule has 2 aromatic heterocycles. The lowest BCUT2D eigenvalue weighted by molar-refractivity contribution is -0.114. The quantitative estimate of drug-likeness (QED) is 0.683. The van der Waals surface area contributed by atoms with Gasteiger partial charge in [-0.05, 0) is 36.8 Å². The SMILES string of the molecule is CC(=O)Nc1cc(Nc2cc(C)cc(S(C)(=O)=O)c2)c(-c2ccn(C)n2)cn1. The van der Waals surface area contributed by atoms with Crippen LogP contribution < -0.4 is 10.6 Å². The summed E-state index contributed by atoms with van der Waals surface area (Å²) in [6, 6.07) is 8.57. The molecule has 146 valence electrons. The number of pyridine rings is 1. The molecule has 0 aliphatic heterocycles. The molecule has 3 aromatic rings. The van der Waals surface area contributed by atoms with E-state index < -0.39 is 9.84 Å². The average Bonchev–Trinajstić information content (AvgIpc) is 2.99. The first-order chi connectivity index (χ1) is 13.1. The standard InChI is InChI=1S/C19H21N5O3S/c1-12-7-14(9-15(8-12)28(4,26)27)22-18-10-19(21-13(2)25)20-11-16(18)17-5-6-24(3)23-17/h5-11H,1-4H3,(H2,20,21,22,25). The summed E-state index contributed by atoms with van der Waals surface area (Å²) in [6.07, 6.45) is 4.60. The van der Waals surface area contributed by atoms with E-state index in [9.17, 15) is 13.2 Å². The zero-order valence-electron chi connectivity index (χ0n) is 16.0. The van der Waals surface area contributed by atoms with E-state index >= 15 is 0 Å². The first-order valence-corrected chi connectivity index (χ1v) is 10.4. The van der Waals surface area contributed by atoms with E-state index in [1.165, 1.54) is 13.2 Å². The van der Waals surface area contributed by atoms with Crippen LogP contribution in [0.1, 0.15) is 12.5 Å². The normalized spacial score (nSPS) is 11.3. The van der Waals surface area contributed by atoms with Crippen LogP contribution in [0.2, 0.25) is 0 Å². The van der Waals surface area contributed by atoms with E-state index in [0.29, 0.717) is 22.9 Å². The molecule has 3 rings (SSSR count). The molecule has 0 saturated heterocycles. The van der Waals surface area contributed by atoms with Gasteiger partial charge in [-0.2, -0.15) is 5.10 Å². The van der Waals surface area contributed by atoms with E-state index in [0.717, 1.165) is 11.1 Å². The van der Waals surface area contributed by atoms with Gasteiger partial charge in [0, 0.05) is 49.9 Å². The second kappa shape index (κ2) is 7.43. The third-order valence-electron chi connectivity index (χ3n) is 3.96. The maximum absolute atomic E-state index is 12.0. The fourth-order valence-electron chi connectivity index (χ4n) is 2.76. The van der Waals surface area contributed by atoms with Crippen LogP contribution in [-0.2, 0) is 21.7 Å². The molecule has 0 fully saturated rings. The van der Waals surface area contributed by atoms with Crippen molar-refractivity contribution in [3.63, 3.8) is 0 Å². The average molecular weight is 399 g/mol. The van der Waals surface area contributed by atoms with Gasteiger partial charge in [-0.15, -0.1) is 0 Å². The first kappa shape index (κ1) is 19.6. The van der Waals surface area contributed by atoms with Gasteiger partial charge >= 0.3 is 0 Å². The summed E-state index contributed by atoms with van der Waals surface area (Å²) in [5.74, 6) is 0.143. The predicted molar refractivity (Wildman–Crippen MR) is 108 cm³/mol. The number of nitrogens with zero attached hydrogens (tertiary/aromatic N) is 3. The summed E-state index contributed by atoms with van der Waals surface area (Å²) in [5, 5.41) is 10.3. The monoisotopic (exact) mass is 399 g/mol. The number of hydrogen-bond acceptors (Lipinski definition) is 6. The van der Waals surface area contributed by atoms with Gasteiger partial charge < -0.3 is 10.6 Å². The topological polar surface area (TPSA) is 106 Å². The predicted octanol–water partition coefficient (Wildman–Crippen LogP) is 2.90. The van der Waals surface area contributed by atoms with Gasteiger partial charge in [0.15, 0.2) is 9.84 Å². The Morgan fingerprint density at radius 2 is 1.93 bits per heavy atom. The van der Waals surface area contributed by atoms with Crippen LogP contribution >= 0.6 is 0 Å². The van der Waals surface area contributed by atoms with Crippen molar-refractivity contribution in [2.45, 2.75) is 18.7 Å². The summed E-state index contributed by atoms with van der Waals surface area (Å²) in [4.78, 5) is 15.9. The highest BCUT2D eigenvalue weighted by Crippen LogP contribution is 2.31. The molecule has 2 N–H and O–H groups in total. The molecule has 8 nitrogen and oxygen atoms in total. The molecule has 1 aromatic carbocycles. The Labute approximate surface area is 163 Å². The van der Waals surface area contributed by atoms with Gasteiger partial charge in [0.05, 0.1) is 16.3 Å². The molecule has 0 saturated carbocycles. The van der Waals surface area contributed by atoms with Crippen LogP contribution in [0, 0.1) is 6.92 Å². The third-order valence-corrected chi connectivity index (χ3v) is 5.05. The van der Waals surface area contributed by atoms with E-state index in [4.69, 9.17) is 0 Å². The van der Waals surface area contributed by atoms with Crippen LogP contribution in [0.15, 0.2) is 47.6 Å². The maximum Gasteiger partial charge on any atom is 0.222 e. The second-order valence-corrected chi connectivity index (χ2v) is 8.62.